The summed E-state index contributed by atoms with van der Waals surface area (Å²) in [6.45, 7) is 7.21. The molecule has 1 aromatic heterocycles. The maximum atomic E-state index is 10.8. The van der Waals surface area contributed by atoms with Crippen LogP contribution in [0.2, 0.25) is 0 Å². The average Bonchev–Trinajstić information content (AvgIpc) is 2.20. The van der Waals surface area contributed by atoms with Crippen molar-refractivity contribution in [3.05, 3.63) is 54.9 Å². The Morgan fingerprint density at radius 3 is 2.64 bits per heavy atom. The van der Waals surface area contributed by atoms with E-state index in [2.05, 4.69) is 18.1 Å². The van der Waals surface area contributed by atoms with Crippen LogP contribution in [0.3, 0.4) is 0 Å². The topological polar surface area (TPSA) is 50.2 Å². The van der Waals surface area contributed by atoms with Crippen LogP contribution >= 0.6 is 0 Å². The van der Waals surface area contributed by atoms with Gasteiger partial charge in [0.25, 0.3) is 0 Å². The number of carboxylic acids is 1. The molecule has 0 aromatic carbocycles. The van der Waals surface area contributed by atoms with Crippen LogP contribution in [-0.2, 0) is 0 Å². The fourth-order valence-electron chi connectivity index (χ4n) is 1.18. The number of aromatic nitrogens is 1. The molecular weight excluding hydrogens is 178 g/mol. The molecule has 1 heterocycles. The lowest BCUT2D eigenvalue weighted by Crippen LogP contribution is -2.06. The molecule has 0 saturated heterocycles. The lowest BCUT2D eigenvalue weighted by Gasteiger charge is -2.08. The molecule has 0 radical (unpaired) electrons. The number of carboxylic acid groups (broad SMARTS) is 1. The predicted octanol–water partition coefficient (Wildman–Crippen LogP) is 2.24. The van der Waals surface area contributed by atoms with Gasteiger partial charge in [0.05, 0.1) is 11.3 Å². The summed E-state index contributed by atoms with van der Waals surface area (Å²) >= 11 is 0. The Morgan fingerprint density at radius 1 is 1.50 bits per heavy atom. The van der Waals surface area contributed by atoms with Crippen LogP contribution in [0.1, 0.15) is 22.0 Å². The molecule has 0 fully saturated rings. The van der Waals surface area contributed by atoms with Gasteiger partial charge in [0.15, 0.2) is 0 Å². The van der Waals surface area contributed by atoms with Gasteiger partial charge in [0.1, 0.15) is 0 Å². The first-order chi connectivity index (χ1) is 6.70. The molecule has 0 aliphatic carbocycles. The first-order valence-corrected chi connectivity index (χ1v) is 4.14. The minimum Gasteiger partial charge on any atom is -0.478 e. The molecule has 0 unspecified atom stereocenters. The van der Waals surface area contributed by atoms with Gasteiger partial charge in [-0.05, 0) is 12.1 Å². The molecule has 0 spiro atoms. The smallest absolute Gasteiger partial charge is 0.337 e. The first-order valence-electron chi connectivity index (χ1n) is 4.14. The van der Waals surface area contributed by atoms with Gasteiger partial charge >= 0.3 is 5.97 Å². The summed E-state index contributed by atoms with van der Waals surface area (Å²) in [5.41, 5.74) is 0.669. The Bertz CT molecular complexity index is 363. The third-order valence-electron chi connectivity index (χ3n) is 1.89. The van der Waals surface area contributed by atoms with Crippen molar-refractivity contribution in [2.45, 2.75) is 5.92 Å². The minimum atomic E-state index is -0.984. The van der Waals surface area contributed by atoms with Gasteiger partial charge < -0.3 is 5.11 Å². The number of nitrogens with zero attached hydrogens (tertiary/aromatic N) is 1. The van der Waals surface area contributed by atoms with Crippen LogP contribution in [0.25, 0.3) is 0 Å². The molecular formula is C11H11NO2. The molecule has 0 amide bonds. The van der Waals surface area contributed by atoms with E-state index in [0.717, 1.165) is 0 Å². The molecule has 0 aliphatic rings. The Hall–Kier alpha value is -1.90. The van der Waals surface area contributed by atoms with Crippen molar-refractivity contribution in [2.75, 3.05) is 0 Å². The van der Waals surface area contributed by atoms with E-state index in [9.17, 15) is 4.79 Å². The van der Waals surface area contributed by atoms with Crippen LogP contribution < -0.4 is 0 Å². The molecule has 1 rings (SSSR count). The van der Waals surface area contributed by atoms with Gasteiger partial charge in [0, 0.05) is 12.1 Å². The van der Waals surface area contributed by atoms with Crippen molar-refractivity contribution in [1.29, 1.82) is 0 Å². The SMILES string of the molecule is C=CC(C=C)c1ncccc1C(=O)O. The molecule has 3 heteroatoms. The first kappa shape index (κ1) is 10.2. The molecule has 0 saturated carbocycles. The monoisotopic (exact) mass is 189 g/mol. The van der Waals surface area contributed by atoms with Crippen molar-refractivity contribution >= 4 is 5.97 Å². The van der Waals surface area contributed by atoms with Gasteiger partial charge in [-0.15, -0.1) is 13.2 Å². The van der Waals surface area contributed by atoms with Gasteiger partial charge in [0.2, 0.25) is 0 Å². The van der Waals surface area contributed by atoms with Gasteiger partial charge in [-0.25, -0.2) is 4.79 Å². The highest BCUT2D eigenvalue weighted by Gasteiger charge is 2.14. The summed E-state index contributed by atoms with van der Waals surface area (Å²) in [6, 6.07) is 3.11. The summed E-state index contributed by atoms with van der Waals surface area (Å²) in [7, 11) is 0. The van der Waals surface area contributed by atoms with E-state index >= 15 is 0 Å². The summed E-state index contributed by atoms with van der Waals surface area (Å²) in [4.78, 5) is 14.9. The van der Waals surface area contributed by atoms with Gasteiger partial charge in [-0.3, -0.25) is 4.98 Å². The standard InChI is InChI=1S/C11H11NO2/c1-3-8(4-2)10-9(11(13)14)6-5-7-12-10/h3-8H,1-2H2,(H,13,14). The number of rotatable bonds is 4. The van der Waals surface area contributed by atoms with Gasteiger partial charge in [-0.1, -0.05) is 12.2 Å². The highest BCUT2D eigenvalue weighted by atomic mass is 16.4. The van der Waals surface area contributed by atoms with Crippen molar-refractivity contribution in [3.8, 4) is 0 Å². The fourth-order valence-corrected chi connectivity index (χ4v) is 1.18. The van der Waals surface area contributed by atoms with Crippen molar-refractivity contribution in [1.82, 2.24) is 4.98 Å². The van der Waals surface area contributed by atoms with Crippen molar-refractivity contribution in [3.63, 3.8) is 0 Å². The van der Waals surface area contributed by atoms with E-state index in [1.54, 1.807) is 24.4 Å². The predicted molar refractivity (Wildman–Crippen MR) is 54.3 cm³/mol. The second kappa shape index (κ2) is 4.37. The Kier molecular flexibility index (Phi) is 3.18. The molecule has 14 heavy (non-hydrogen) atoms. The van der Waals surface area contributed by atoms with E-state index in [-0.39, 0.29) is 11.5 Å². The van der Waals surface area contributed by atoms with Crippen LogP contribution in [0.15, 0.2) is 43.6 Å². The number of hydrogen-bond acceptors (Lipinski definition) is 2. The molecule has 3 nitrogen and oxygen atoms in total. The van der Waals surface area contributed by atoms with Crippen LogP contribution in [-0.4, -0.2) is 16.1 Å². The van der Waals surface area contributed by atoms with E-state index in [4.69, 9.17) is 5.11 Å². The number of aromatic carboxylic acids is 1. The third kappa shape index (κ3) is 1.88. The maximum Gasteiger partial charge on any atom is 0.337 e. The minimum absolute atomic E-state index is 0.192. The molecule has 72 valence electrons. The average molecular weight is 189 g/mol. The zero-order chi connectivity index (χ0) is 10.6. The van der Waals surface area contributed by atoms with Gasteiger partial charge in [-0.2, -0.15) is 0 Å². The summed E-state index contributed by atoms with van der Waals surface area (Å²) in [5, 5.41) is 8.90. The lowest BCUT2D eigenvalue weighted by molar-refractivity contribution is 0.0695. The van der Waals surface area contributed by atoms with E-state index in [1.165, 1.54) is 6.07 Å². The Labute approximate surface area is 82.4 Å². The van der Waals surface area contributed by atoms with Crippen molar-refractivity contribution in [2.24, 2.45) is 0 Å². The van der Waals surface area contributed by atoms with Crippen LogP contribution in [0, 0.1) is 0 Å². The second-order valence-corrected chi connectivity index (χ2v) is 2.74. The lowest BCUT2D eigenvalue weighted by atomic mass is 10.0. The zero-order valence-corrected chi connectivity index (χ0v) is 7.68. The van der Waals surface area contributed by atoms with E-state index in [1.807, 2.05) is 0 Å². The Morgan fingerprint density at radius 2 is 2.14 bits per heavy atom. The molecule has 0 atom stereocenters. The summed E-state index contributed by atoms with van der Waals surface area (Å²) < 4.78 is 0. The number of hydrogen-bond donors (Lipinski definition) is 1. The fraction of sp³-hybridized carbons (Fsp3) is 0.0909. The number of allylic oxidation sites excluding steroid dienone is 2. The van der Waals surface area contributed by atoms with Crippen LogP contribution in [0.5, 0.6) is 0 Å². The number of pyridine rings is 1. The molecule has 1 N–H and O–H groups in total. The van der Waals surface area contributed by atoms with E-state index in [0.29, 0.717) is 5.69 Å². The number of carbonyl (C=O) groups is 1. The zero-order valence-electron chi connectivity index (χ0n) is 7.68. The van der Waals surface area contributed by atoms with E-state index < -0.39 is 5.97 Å². The molecule has 1 aromatic rings. The largest absolute Gasteiger partial charge is 0.478 e. The summed E-state index contributed by atoms with van der Waals surface area (Å²) in [5.74, 6) is -1.20. The highest BCUT2D eigenvalue weighted by Crippen LogP contribution is 2.19. The molecule has 0 aliphatic heterocycles. The molecule has 0 bridgehead atoms. The Balaban J connectivity index is 3.24. The third-order valence-corrected chi connectivity index (χ3v) is 1.89. The highest BCUT2D eigenvalue weighted by molar-refractivity contribution is 5.89. The quantitative estimate of drug-likeness (QED) is 0.739. The maximum absolute atomic E-state index is 10.8. The second-order valence-electron chi connectivity index (χ2n) is 2.74. The van der Waals surface area contributed by atoms with Crippen molar-refractivity contribution < 1.29 is 9.90 Å². The summed E-state index contributed by atoms with van der Waals surface area (Å²) in [6.07, 6.45) is 4.78. The van der Waals surface area contributed by atoms with Crippen LogP contribution in [0.4, 0.5) is 0 Å². The normalized spacial score (nSPS) is 9.79.